The van der Waals surface area contributed by atoms with Crippen LogP contribution in [0.5, 0.6) is 0 Å². The molecule has 2 heterocycles. The van der Waals surface area contributed by atoms with Crippen LogP contribution in [0.4, 0.5) is 36.6 Å². The molecular formula is C25H26F7N5O2. The maximum Gasteiger partial charge on any atom is 0.416 e. The van der Waals surface area contributed by atoms with Crippen LogP contribution in [0.1, 0.15) is 47.0 Å². The lowest BCUT2D eigenvalue weighted by Gasteiger charge is -2.42. The van der Waals surface area contributed by atoms with Gasteiger partial charge in [-0.25, -0.2) is 4.39 Å². The fourth-order valence-electron chi connectivity index (χ4n) is 4.38. The van der Waals surface area contributed by atoms with E-state index in [1.54, 1.807) is 0 Å². The van der Waals surface area contributed by atoms with Crippen molar-refractivity contribution in [3.8, 4) is 0 Å². The molecule has 212 valence electrons. The number of nitrogens with zero attached hydrogens (tertiary/aromatic N) is 4. The second-order valence-corrected chi connectivity index (χ2v) is 9.40. The summed E-state index contributed by atoms with van der Waals surface area (Å²) in [5.74, 6) is -0.0350. The van der Waals surface area contributed by atoms with E-state index in [9.17, 15) is 30.7 Å². The van der Waals surface area contributed by atoms with E-state index in [1.807, 2.05) is 23.9 Å². The van der Waals surface area contributed by atoms with Crippen molar-refractivity contribution < 1.29 is 40.2 Å². The second kappa shape index (κ2) is 11.1. The summed E-state index contributed by atoms with van der Waals surface area (Å²) in [6.07, 6.45) is -12.4. The number of alkyl halides is 6. The van der Waals surface area contributed by atoms with Gasteiger partial charge < -0.3 is 19.3 Å². The van der Waals surface area contributed by atoms with Gasteiger partial charge in [-0.1, -0.05) is 17.3 Å². The number of benzene rings is 2. The maximum absolute atomic E-state index is 13.7. The van der Waals surface area contributed by atoms with Gasteiger partial charge in [-0.2, -0.15) is 26.3 Å². The van der Waals surface area contributed by atoms with Crippen molar-refractivity contribution in [1.82, 2.24) is 20.3 Å². The van der Waals surface area contributed by atoms with Crippen LogP contribution in [0.25, 0.3) is 0 Å². The molecule has 0 saturated carbocycles. The Bertz CT molecular complexity index is 1230. The highest BCUT2D eigenvalue weighted by Gasteiger charge is 2.40. The second-order valence-electron chi connectivity index (χ2n) is 9.40. The van der Waals surface area contributed by atoms with E-state index in [0.29, 0.717) is 42.3 Å². The molecule has 0 spiro atoms. The van der Waals surface area contributed by atoms with Crippen molar-refractivity contribution >= 4 is 5.82 Å². The molecule has 1 fully saturated rings. The molecule has 1 aromatic heterocycles. The van der Waals surface area contributed by atoms with Gasteiger partial charge in [0, 0.05) is 13.1 Å². The summed E-state index contributed by atoms with van der Waals surface area (Å²) in [6, 6.07) is 6.00. The van der Waals surface area contributed by atoms with Crippen molar-refractivity contribution in [3.05, 3.63) is 76.2 Å². The van der Waals surface area contributed by atoms with Gasteiger partial charge in [-0.05, 0) is 62.5 Å². The Morgan fingerprint density at radius 1 is 1.05 bits per heavy atom. The van der Waals surface area contributed by atoms with Crippen LogP contribution in [0.2, 0.25) is 0 Å². The van der Waals surface area contributed by atoms with Crippen LogP contribution in [-0.4, -0.2) is 53.8 Å². The van der Waals surface area contributed by atoms with E-state index in [2.05, 4.69) is 15.4 Å². The predicted molar refractivity (Wildman–Crippen MR) is 126 cm³/mol. The van der Waals surface area contributed by atoms with Gasteiger partial charge in [0.15, 0.2) is 12.1 Å². The number of hydrogen-bond donors (Lipinski definition) is 1. The van der Waals surface area contributed by atoms with Crippen molar-refractivity contribution in [3.63, 3.8) is 0 Å². The van der Waals surface area contributed by atoms with Crippen LogP contribution >= 0.6 is 0 Å². The fourth-order valence-corrected chi connectivity index (χ4v) is 4.38. The molecule has 1 aliphatic heterocycles. The minimum absolute atomic E-state index is 0.0627. The molecular weight excluding hydrogens is 535 g/mol. The number of ether oxygens (including phenoxy) is 2. The highest BCUT2D eigenvalue weighted by Crippen LogP contribution is 2.40. The Morgan fingerprint density at radius 3 is 2.23 bits per heavy atom. The highest BCUT2D eigenvalue weighted by atomic mass is 19.4. The standard InChI is InChI=1S/C25H26F7N5O2/c1-14(16-10-17(24(27,28)29)12-18(11-16)25(30,31)32)39-23-21(15-4-6-19(26)7-5-15)37(8-9-38-23)22-20(13-36(2)3)33-35-34-22/h4-7,10-12,14,21,23H,8-9,13H2,1-3H3,(H,33,34,35)/t14-,21?,23?/m1/s1. The number of hydrogen-bond acceptors (Lipinski definition) is 6. The summed E-state index contributed by atoms with van der Waals surface area (Å²) >= 11 is 0. The Kier molecular flexibility index (Phi) is 8.19. The molecule has 0 radical (unpaired) electrons. The third kappa shape index (κ3) is 6.68. The van der Waals surface area contributed by atoms with Crippen LogP contribution < -0.4 is 4.90 Å². The molecule has 1 N–H and O–H groups in total. The molecule has 39 heavy (non-hydrogen) atoms. The SMILES string of the molecule is C[C@@H](OC1OCCN(c2nn[nH]c2CN(C)C)C1c1ccc(F)cc1)c1cc(C(F)(F)F)cc(C(F)(F)F)c1. The van der Waals surface area contributed by atoms with Gasteiger partial charge in [-0.3, -0.25) is 5.10 Å². The average Bonchev–Trinajstić information content (AvgIpc) is 3.30. The first kappa shape index (κ1) is 28.8. The summed E-state index contributed by atoms with van der Waals surface area (Å²) in [6.45, 7) is 2.21. The number of rotatable bonds is 7. The number of H-pyrrole nitrogens is 1. The molecule has 2 unspecified atom stereocenters. The molecule has 3 atom stereocenters. The normalized spacial score (nSPS) is 19.5. The molecule has 3 aromatic rings. The van der Waals surface area contributed by atoms with Gasteiger partial charge in [0.1, 0.15) is 11.9 Å². The molecule has 14 heteroatoms. The minimum Gasteiger partial charge on any atom is -0.348 e. The molecule has 4 rings (SSSR count). The van der Waals surface area contributed by atoms with E-state index in [4.69, 9.17) is 9.47 Å². The largest absolute Gasteiger partial charge is 0.416 e. The number of morpholine rings is 1. The van der Waals surface area contributed by atoms with Gasteiger partial charge in [0.05, 0.1) is 29.5 Å². The summed E-state index contributed by atoms with van der Waals surface area (Å²) in [5, 5.41) is 10.9. The van der Waals surface area contributed by atoms with Gasteiger partial charge in [0.2, 0.25) is 0 Å². The molecule has 1 saturated heterocycles. The number of aromatic nitrogens is 3. The number of nitrogens with one attached hydrogen (secondary N) is 1. The van der Waals surface area contributed by atoms with Crippen LogP contribution in [-0.2, 0) is 28.4 Å². The topological polar surface area (TPSA) is 66.5 Å². The Labute approximate surface area is 219 Å². The van der Waals surface area contributed by atoms with E-state index in [1.165, 1.54) is 31.2 Å². The van der Waals surface area contributed by atoms with E-state index in [-0.39, 0.29) is 18.2 Å². The summed E-state index contributed by atoms with van der Waals surface area (Å²) in [5.41, 5.74) is -2.02. The molecule has 0 aliphatic carbocycles. The van der Waals surface area contributed by atoms with E-state index >= 15 is 0 Å². The average molecular weight is 562 g/mol. The monoisotopic (exact) mass is 561 g/mol. The first-order chi connectivity index (χ1) is 18.2. The number of anilines is 1. The van der Waals surface area contributed by atoms with Crippen LogP contribution in [0.3, 0.4) is 0 Å². The third-order valence-electron chi connectivity index (χ3n) is 6.18. The fraction of sp³-hybridized carbons (Fsp3) is 0.440. The van der Waals surface area contributed by atoms with Gasteiger partial charge in [0.25, 0.3) is 0 Å². The van der Waals surface area contributed by atoms with Crippen LogP contribution in [0, 0.1) is 5.82 Å². The molecule has 0 bridgehead atoms. The first-order valence-corrected chi connectivity index (χ1v) is 11.9. The first-order valence-electron chi connectivity index (χ1n) is 11.9. The maximum atomic E-state index is 13.7. The lowest BCUT2D eigenvalue weighted by Crippen LogP contribution is -2.47. The smallest absolute Gasteiger partial charge is 0.348 e. The quantitative estimate of drug-likeness (QED) is 0.372. The zero-order valence-corrected chi connectivity index (χ0v) is 21.1. The Morgan fingerprint density at radius 2 is 1.67 bits per heavy atom. The van der Waals surface area contributed by atoms with Crippen molar-refractivity contribution in [1.29, 1.82) is 0 Å². The van der Waals surface area contributed by atoms with E-state index < -0.39 is 47.7 Å². The van der Waals surface area contributed by atoms with E-state index in [0.717, 1.165) is 0 Å². The molecule has 1 aliphatic rings. The summed E-state index contributed by atoms with van der Waals surface area (Å²) < 4.78 is 106. The van der Waals surface area contributed by atoms with Crippen molar-refractivity contribution in [2.45, 2.75) is 44.3 Å². The lowest BCUT2D eigenvalue weighted by molar-refractivity contribution is -0.192. The molecule has 0 amide bonds. The zero-order chi connectivity index (χ0) is 28.5. The number of halogens is 7. The summed E-state index contributed by atoms with van der Waals surface area (Å²) in [4.78, 5) is 3.69. The third-order valence-corrected chi connectivity index (χ3v) is 6.18. The number of aromatic amines is 1. The predicted octanol–water partition coefficient (Wildman–Crippen LogP) is 5.72. The molecule has 7 nitrogen and oxygen atoms in total. The Balaban J connectivity index is 1.71. The van der Waals surface area contributed by atoms with Gasteiger partial charge in [-0.15, -0.1) is 5.10 Å². The molecule has 2 aromatic carbocycles. The van der Waals surface area contributed by atoms with Crippen molar-refractivity contribution in [2.24, 2.45) is 0 Å². The highest BCUT2D eigenvalue weighted by molar-refractivity contribution is 5.47. The summed E-state index contributed by atoms with van der Waals surface area (Å²) in [7, 11) is 3.69. The Hall–Kier alpha value is -3.23. The van der Waals surface area contributed by atoms with Gasteiger partial charge >= 0.3 is 12.4 Å². The minimum atomic E-state index is -5.00. The zero-order valence-electron chi connectivity index (χ0n) is 21.1. The van der Waals surface area contributed by atoms with Crippen molar-refractivity contribution in [2.75, 3.05) is 32.1 Å². The lowest BCUT2D eigenvalue weighted by atomic mass is 10.0. The van der Waals surface area contributed by atoms with Crippen LogP contribution in [0.15, 0.2) is 42.5 Å².